The zero-order chi connectivity index (χ0) is 31.5. The molecule has 0 radical (unpaired) electrons. The molecule has 0 rings (SSSR count). The zero-order valence-electron chi connectivity index (χ0n) is 27.5. The summed E-state index contributed by atoms with van der Waals surface area (Å²) in [6.07, 6.45) is 21.4. The van der Waals surface area contributed by atoms with E-state index in [2.05, 4.69) is 26.0 Å². The fourth-order valence-corrected chi connectivity index (χ4v) is 4.85. The largest absolute Gasteiger partial charge is 0.472 e. The third-order valence-electron chi connectivity index (χ3n) is 6.80. The van der Waals surface area contributed by atoms with E-state index in [-0.39, 0.29) is 32.0 Å². The fraction of sp³-hybridized carbons (Fsp3) is 0.875. The Morgan fingerprint density at radius 3 is 1.83 bits per heavy atom. The Labute approximate surface area is 256 Å². The quantitative estimate of drug-likeness (QED) is 0.0296. The highest BCUT2D eigenvalue weighted by molar-refractivity contribution is 7.47. The van der Waals surface area contributed by atoms with Crippen LogP contribution in [0.5, 0.6) is 0 Å². The Balaban J connectivity index is 4.53. The molecule has 0 heterocycles. The molecular weight excluding hydrogens is 557 g/mol. The molecule has 42 heavy (non-hydrogen) atoms. The average molecular weight is 621 g/mol. The molecule has 0 aliphatic rings. The van der Waals surface area contributed by atoms with Gasteiger partial charge in [0.2, 0.25) is 0 Å². The summed E-state index contributed by atoms with van der Waals surface area (Å²) in [5.41, 5.74) is 0. The summed E-state index contributed by atoms with van der Waals surface area (Å²) in [6.45, 7) is 4.29. The minimum Gasteiger partial charge on any atom is -0.462 e. The maximum absolute atomic E-state index is 12.5. The van der Waals surface area contributed by atoms with E-state index in [0.717, 1.165) is 57.8 Å². The minimum atomic E-state index is -4.35. The predicted molar refractivity (Wildman–Crippen MR) is 169 cm³/mol. The van der Waals surface area contributed by atoms with Crippen molar-refractivity contribution in [1.82, 2.24) is 0 Å². The van der Waals surface area contributed by atoms with Gasteiger partial charge in [0.05, 0.1) is 27.7 Å². The summed E-state index contributed by atoms with van der Waals surface area (Å²) < 4.78 is 33.9. The van der Waals surface area contributed by atoms with Crippen molar-refractivity contribution >= 4 is 19.8 Å². The number of carbonyl (C=O) groups is 2. The van der Waals surface area contributed by atoms with Crippen molar-refractivity contribution in [2.45, 2.75) is 136 Å². The number of quaternary nitrogens is 1. The molecule has 0 aromatic carbocycles. The van der Waals surface area contributed by atoms with Gasteiger partial charge in [-0.25, -0.2) is 4.57 Å². The SMILES string of the molecule is CCCC/C=C\CCCCCCCC(=O)O[C@H](COC(=O)CCCCCCCCC)COP(=O)(O)OCC[N+](C)(C)C. The summed E-state index contributed by atoms with van der Waals surface area (Å²) in [4.78, 5) is 34.8. The topological polar surface area (TPSA) is 108 Å². The summed E-state index contributed by atoms with van der Waals surface area (Å²) in [7, 11) is 1.47. The van der Waals surface area contributed by atoms with Crippen molar-refractivity contribution in [3.63, 3.8) is 0 Å². The summed E-state index contributed by atoms with van der Waals surface area (Å²) in [5, 5.41) is 0. The summed E-state index contributed by atoms with van der Waals surface area (Å²) >= 11 is 0. The van der Waals surface area contributed by atoms with Crippen LogP contribution in [0.1, 0.15) is 129 Å². The van der Waals surface area contributed by atoms with Gasteiger partial charge in [-0.3, -0.25) is 18.6 Å². The first-order valence-electron chi connectivity index (χ1n) is 16.4. The number of hydrogen-bond acceptors (Lipinski definition) is 7. The van der Waals surface area contributed by atoms with E-state index in [1.54, 1.807) is 0 Å². The number of rotatable bonds is 29. The van der Waals surface area contributed by atoms with Gasteiger partial charge < -0.3 is 18.9 Å². The van der Waals surface area contributed by atoms with Gasteiger partial charge in [0.15, 0.2) is 6.10 Å². The van der Waals surface area contributed by atoms with Crippen LogP contribution < -0.4 is 0 Å². The van der Waals surface area contributed by atoms with Crippen molar-refractivity contribution in [3.8, 4) is 0 Å². The first-order chi connectivity index (χ1) is 20.0. The van der Waals surface area contributed by atoms with Gasteiger partial charge in [-0.05, 0) is 32.1 Å². The van der Waals surface area contributed by atoms with Crippen molar-refractivity contribution in [2.75, 3.05) is 47.5 Å². The van der Waals surface area contributed by atoms with Crippen LogP contribution >= 0.6 is 7.82 Å². The predicted octanol–water partition coefficient (Wildman–Crippen LogP) is 7.90. The van der Waals surface area contributed by atoms with Gasteiger partial charge in [0.25, 0.3) is 0 Å². The Kier molecular flexibility index (Phi) is 25.4. The molecule has 0 spiro atoms. The van der Waals surface area contributed by atoms with Crippen LogP contribution in [-0.2, 0) is 32.7 Å². The van der Waals surface area contributed by atoms with E-state index in [1.807, 2.05) is 21.1 Å². The molecule has 1 N–H and O–H groups in total. The lowest BCUT2D eigenvalue weighted by atomic mass is 10.1. The molecule has 0 saturated heterocycles. The molecule has 1 unspecified atom stereocenters. The lowest BCUT2D eigenvalue weighted by Crippen LogP contribution is -2.37. The van der Waals surface area contributed by atoms with Crippen molar-refractivity contribution < 1.29 is 42.1 Å². The standard InChI is InChI=1S/C32H62NO8P/c1-6-8-10-12-14-15-16-17-19-21-23-25-32(35)41-30(29-40-42(36,37)39-27-26-33(3,4)5)28-38-31(34)24-22-20-18-13-11-9-7-2/h12,14,30H,6-11,13,15-29H2,1-5H3/p+1/b14-12-/t30-/m1/s1. The summed E-state index contributed by atoms with van der Waals surface area (Å²) in [6, 6.07) is 0. The molecule has 0 aromatic heterocycles. The molecular formula is C32H63NO8P+. The number of likely N-dealkylation sites (N-methyl/N-ethyl adjacent to an activating group) is 1. The number of carbonyl (C=O) groups excluding carboxylic acids is 2. The van der Waals surface area contributed by atoms with Gasteiger partial charge >= 0.3 is 19.8 Å². The van der Waals surface area contributed by atoms with Gasteiger partial charge in [-0.1, -0.05) is 96.6 Å². The Bertz CT molecular complexity index is 753. The van der Waals surface area contributed by atoms with E-state index >= 15 is 0 Å². The van der Waals surface area contributed by atoms with E-state index < -0.39 is 26.5 Å². The monoisotopic (exact) mass is 620 g/mol. The Morgan fingerprint density at radius 1 is 0.714 bits per heavy atom. The highest BCUT2D eigenvalue weighted by Gasteiger charge is 2.27. The van der Waals surface area contributed by atoms with E-state index in [1.165, 1.54) is 38.5 Å². The number of esters is 2. The first kappa shape index (κ1) is 40.8. The Hall–Kier alpha value is -1.25. The number of phosphoric acid groups is 1. The lowest BCUT2D eigenvalue weighted by molar-refractivity contribution is -0.870. The fourth-order valence-electron chi connectivity index (χ4n) is 4.11. The molecule has 0 bridgehead atoms. The normalized spacial score (nSPS) is 14.1. The van der Waals surface area contributed by atoms with Crippen LogP contribution in [0.4, 0.5) is 0 Å². The van der Waals surface area contributed by atoms with Crippen molar-refractivity contribution in [1.29, 1.82) is 0 Å². The van der Waals surface area contributed by atoms with E-state index in [9.17, 15) is 19.0 Å². The van der Waals surface area contributed by atoms with Crippen LogP contribution in [0, 0.1) is 0 Å². The second-order valence-corrected chi connectivity index (χ2v) is 13.7. The number of phosphoric ester groups is 1. The number of unbranched alkanes of at least 4 members (excludes halogenated alkanes) is 13. The van der Waals surface area contributed by atoms with Gasteiger partial charge in [0, 0.05) is 12.8 Å². The maximum Gasteiger partial charge on any atom is 0.472 e. The highest BCUT2D eigenvalue weighted by Crippen LogP contribution is 2.43. The molecule has 2 atom stereocenters. The molecule has 0 amide bonds. The Morgan fingerprint density at radius 2 is 1.24 bits per heavy atom. The lowest BCUT2D eigenvalue weighted by Gasteiger charge is -2.24. The second-order valence-electron chi connectivity index (χ2n) is 12.2. The van der Waals surface area contributed by atoms with Crippen LogP contribution in [0.15, 0.2) is 12.2 Å². The summed E-state index contributed by atoms with van der Waals surface area (Å²) in [5.74, 6) is -0.819. The maximum atomic E-state index is 12.5. The van der Waals surface area contributed by atoms with E-state index in [4.69, 9.17) is 18.5 Å². The van der Waals surface area contributed by atoms with Gasteiger partial charge in [-0.2, -0.15) is 0 Å². The van der Waals surface area contributed by atoms with Crippen molar-refractivity contribution in [3.05, 3.63) is 12.2 Å². The molecule has 0 aliphatic carbocycles. The van der Waals surface area contributed by atoms with Crippen LogP contribution in [-0.4, -0.2) is 74.9 Å². The third kappa shape index (κ3) is 28.9. The number of allylic oxidation sites excluding steroid dienone is 2. The molecule has 10 heteroatoms. The second kappa shape index (κ2) is 26.2. The number of ether oxygens (including phenoxy) is 2. The van der Waals surface area contributed by atoms with Crippen molar-refractivity contribution in [2.24, 2.45) is 0 Å². The molecule has 248 valence electrons. The highest BCUT2D eigenvalue weighted by atomic mass is 31.2. The molecule has 0 aromatic rings. The molecule has 0 fully saturated rings. The zero-order valence-corrected chi connectivity index (χ0v) is 28.4. The molecule has 0 saturated carbocycles. The smallest absolute Gasteiger partial charge is 0.462 e. The minimum absolute atomic E-state index is 0.0321. The average Bonchev–Trinajstić information content (AvgIpc) is 2.92. The third-order valence-corrected chi connectivity index (χ3v) is 7.78. The van der Waals surface area contributed by atoms with Crippen LogP contribution in [0.3, 0.4) is 0 Å². The van der Waals surface area contributed by atoms with Gasteiger partial charge in [-0.15, -0.1) is 0 Å². The molecule has 0 aliphatic heterocycles. The van der Waals surface area contributed by atoms with Crippen LogP contribution in [0.25, 0.3) is 0 Å². The van der Waals surface area contributed by atoms with Crippen LogP contribution in [0.2, 0.25) is 0 Å². The number of hydrogen-bond donors (Lipinski definition) is 1. The van der Waals surface area contributed by atoms with Gasteiger partial charge in [0.1, 0.15) is 19.8 Å². The first-order valence-corrected chi connectivity index (χ1v) is 17.9. The molecule has 9 nitrogen and oxygen atoms in total. The van der Waals surface area contributed by atoms with E-state index in [0.29, 0.717) is 17.4 Å². The number of nitrogens with zero attached hydrogens (tertiary/aromatic N) is 1.